The number of hydrogen-bond acceptors (Lipinski definition) is 5. The molecule has 0 unspecified atom stereocenters. The Kier molecular flexibility index (Phi) is 4.29. The zero-order valence-corrected chi connectivity index (χ0v) is 12.7. The second kappa shape index (κ2) is 6.70. The van der Waals surface area contributed by atoms with Crippen molar-refractivity contribution in [3.8, 4) is 0 Å². The van der Waals surface area contributed by atoms with Crippen molar-refractivity contribution >= 4 is 33.8 Å². The lowest BCUT2D eigenvalue weighted by molar-refractivity contribution is -0.129. The summed E-state index contributed by atoms with van der Waals surface area (Å²) in [6.07, 6.45) is 1.63. The Hall–Kier alpha value is -3.54. The Balaban J connectivity index is 1.95. The van der Waals surface area contributed by atoms with Gasteiger partial charge in [-0.2, -0.15) is 10.2 Å². The number of fused-ring (bicyclic) bond motifs is 1. The van der Waals surface area contributed by atoms with Crippen molar-refractivity contribution in [3.05, 3.63) is 72.9 Å². The van der Waals surface area contributed by atoms with Crippen molar-refractivity contribution in [2.75, 3.05) is 5.43 Å². The highest BCUT2D eigenvalue weighted by molar-refractivity contribution is 6.53. The number of rotatable bonds is 5. The molecule has 1 heterocycles. The van der Waals surface area contributed by atoms with E-state index in [0.717, 1.165) is 10.8 Å². The van der Waals surface area contributed by atoms with Gasteiger partial charge in [0.2, 0.25) is 0 Å². The number of aromatic nitrogens is 2. The fraction of sp³-hybridized carbons (Fsp3) is 0. The van der Waals surface area contributed by atoms with Crippen LogP contribution in [0, 0.1) is 0 Å². The highest BCUT2D eigenvalue weighted by atomic mass is 16.4. The largest absolute Gasteiger partial charge is 0.476 e. The van der Waals surface area contributed by atoms with Gasteiger partial charge in [-0.1, -0.05) is 61.2 Å². The number of hydrogen-bond donors (Lipinski definition) is 2. The van der Waals surface area contributed by atoms with Crippen LogP contribution in [-0.4, -0.2) is 27.0 Å². The Morgan fingerprint density at radius 2 is 1.79 bits per heavy atom. The van der Waals surface area contributed by atoms with Crippen LogP contribution in [0.2, 0.25) is 0 Å². The molecule has 3 aromatic rings. The molecule has 0 spiro atoms. The van der Waals surface area contributed by atoms with E-state index in [1.54, 1.807) is 18.3 Å². The maximum absolute atomic E-state index is 11.5. The first-order chi connectivity index (χ1) is 11.7. The predicted octanol–water partition coefficient (Wildman–Crippen LogP) is 3.20. The number of anilines is 1. The molecule has 0 atom stereocenters. The van der Waals surface area contributed by atoms with E-state index in [9.17, 15) is 9.90 Å². The molecule has 0 amide bonds. The fourth-order valence-electron chi connectivity index (χ4n) is 2.24. The van der Waals surface area contributed by atoms with Crippen LogP contribution in [0.1, 0.15) is 5.56 Å². The summed E-state index contributed by atoms with van der Waals surface area (Å²) in [5, 5.41) is 23.0. The van der Waals surface area contributed by atoms with Crippen molar-refractivity contribution in [1.29, 1.82) is 0 Å². The molecule has 2 N–H and O–H groups in total. The van der Waals surface area contributed by atoms with Gasteiger partial charge in [-0.25, -0.2) is 4.79 Å². The lowest BCUT2D eigenvalue weighted by Gasteiger charge is -2.08. The molecule has 0 saturated carbocycles. The molecule has 0 aliphatic rings. The summed E-state index contributed by atoms with van der Waals surface area (Å²) in [6, 6.07) is 16.5. The quantitative estimate of drug-likeness (QED) is 0.557. The molecule has 118 valence electrons. The van der Waals surface area contributed by atoms with Crippen LogP contribution in [0.25, 0.3) is 16.3 Å². The first kappa shape index (κ1) is 15.4. The second-order valence-corrected chi connectivity index (χ2v) is 5.00. The third-order valence-corrected chi connectivity index (χ3v) is 3.45. The average molecular weight is 318 g/mol. The van der Waals surface area contributed by atoms with E-state index in [4.69, 9.17) is 0 Å². The van der Waals surface area contributed by atoms with E-state index in [2.05, 4.69) is 27.3 Å². The van der Waals surface area contributed by atoms with Gasteiger partial charge in [-0.15, -0.1) is 5.10 Å². The van der Waals surface area contributed by atoms with Gasteiger partial charge in [-0.3, -0.25) is 5.43 Å². The van der Waals surface area contributed by atoms with Gasteiger partial charge < -0.3 is 5.11 Å². The van der Waals surface area contributed by atoms with Gasteiger partial charge in [0.05, 0.1) is 6.20 Å². The molecular formula is C18H14N4O2. The molecule has 0 radical (unpaired) electrons. The first-order valence-corrected chi connectivity index (χ1v) is 7.19. The van der Waals surface area contributed by atoms with Crippen LogP contribution in [0.5, 0.6) is 0 Å². The molecule has 3 rings (SSSR count). The summed E-state index contributed by atoms with van der Waals surface area (Å²) in [7, 11) is 0. The first-order valence-electron chi connectivity index (χ1n) is 7.19. The number of benzene rings is 2. The lowest BCUT2D eigenvalue weighted by atomic mass is 10.0. The predicted molar refractivity (Wildman–Crippen MR) is 93.7 cm³/mol. The van der Waals surface area contributed by atoms with Crippen molar-refractivity contribution in [3.63, 3.8) is 0 Å². The Morgan fingerprint density at radius 1 is 1.08 bits per heavy atom. The summed E-state index contributed by atoms with van der Waals surface area (Å²) in [6.45, 7) is 3.83. The molecule has 2 aromatic carbocycles. The number of carbonyl (C=O) groups is 1. The van der Waals surface area contributed by atoms with E-state index < -0.39 is 5.97 Å². The van der Waals surface area contributed by atoms with E-state index in [-0.39, 0.29) is 5.71 Å². The zero-order chi connectivity index (χ0) is 16.9. The van der Waals surface area contributed by atoms with Crippen LogP contribution < -0.4 is 5.43 Å². The van der Waals surface area contributed by atoms with Gasteiger partial charge in [-0.05, 0) is 5.56 Å². The SMILES string of the molecule is C=C(C(=NNc1nncc2ccccc12)C(=O)O)c1ccccc1. The molecular weight excluding hydrogens is 304 g/mol. The molecule has 0 aliphatic heterocycles. The number of nitrogens with zero attached hydrogens (tertiary/aromatic N) is 3. The minimum atomic E-state index is -1.18. The third kappa shape index (κ3) is 3.12. The van der Waals surface area contributed by atoms with Gasteiger partial charge >= 0.3 is 5.97 Å². The van der Waals surface area contributed by atoms with Crippen LogP contribution >= 0.6 is 0 Å². The highest BCUT2D eigenvalue weighted by Crippen LogP contribution is 2.20. The van der Waals surface area contributed by atoms with E-state index in [1.165, 1.54) is 0 Å². The average Bonchev–Trinajstić information content (AvgIpc) is 2.62. The highest BCUT2D eigenvalue weighted by Gasteiger charge is 2.16. The lowest BCUT2D eigenvalue weighted by Crippen LogP contribution is -2.16. The van der Waals surface area contributed by atoms with E-state index in [0.29, 0.717) is 17.0 Å². The molecule has 1 aromatic heterocycles. The molecule has 24 heavy (non-hydrogen) atoms. The number of nitrogens with one attached hydrogen (secondary N) is 1. The number of carboxylic acid groups (broad SMARTS) is 1. The maximum Gasteiger partial charge on any atom is 0.356 e. The van der Waals surface area contributed by atoms with Gasteiger partial charge in [0.15, 0.2) is 11.5 Å². The monoisotopic (exact) mass is 318 g/mol. The zero-order valence-electron chi connectivity index (χ0n) is 12.7. The summed E-state index contributed by atoms with van der Waals surface area (Å²) in [5.41, 5.74) is 3.50. The molecule has 0 fully saturated rings. The summed E-state index contributed by atoms with van der Waals surface area (Å²) in [4.78, 5) is 11.5. The standard InChI is InChI=1S/C18H14N4O2/c1-12(13-7-3-2-4-8-13)16(18(23)24)20-22-17-15-10-6-5-9-14(15)11-19-21-17/h2-11H,1H2,(H,21,22)(H,23,24). The summed E-state index contributed by atoms with van der Waals surface area (Å²) < 4.78 is 0. The topological polar surface area (TPSA) is 87.5 Å². The molecule has 0 aliphatic carbocycles. The van der Waals surface area contributed by atoms with Crippen LogP contribution in [0.4, 0.5) is 5.82 Å². The normalized spacial score (nSPS) is 11.2. The number of carboxylic acids is 1. The Bertz CT molecular complexity index is 931. The summed E-state index contributed by atoms with van der Waals surface area (Å²) >= 11 is 0. The second-order valence-electron chi connectivity index (χ2n) is 5.00. The van der Waals surface area contributed by atoms with Crippen LogP contribution in [-0.2, 0) is 4.79 Å². The van der Waals surface area contributed by atoms with E-state index >= 15 is 0 Å². The molecule has 0 bridgehead atoms. The maximum atomic E-state index is 11.5. The van der Waals surface area contributed by atoms with Gasteiger partial charge in [0, 0.05) is 16.3 Å². The van der Waals surface area contributed by atoms with Crippen LogP contribution in [0.15, 0.2) is 72.5 Å². The number of hydrazone groups is 1. The Morgan fingerprint density at radius 3 is 2.54 bits per heavy atom. The van der Waals surface area contributed by atoms with Crippen molar-refractivity contribution in [1.82, 2.24) is 10.2 Å². The van der Waals surface area contributed by atoms with Crippen molar-refractivity contribution < 1.29 is 9.90 Å². The van der Waals surface area contributed by atoms with Crippen molar-refractivity contribution in [2.24, 2.45) is 5.10 Å². The Labute approximate surface area is 138 Å². The smallest absolute Gasteiger partial charge is 0.356 e. The molecule has 6 heteroatoms. The molecule has 0 saturated heterocycles. The van der Waals surface area contributed by atoms with Gasteiger partial charge in [0.1, 0.15) is 0 Å². The minimum Gasteiger partial charge on any atom is -0.476 e. The number of aliphatic carboxylic acids is 1. The van der Waals surface area contributed by atoms with E-state index in [1.807, 2.05) is 42.5 Å². The third-order valence-electron chi connectivity index (χ3n) is 3.45. The van der Waals surface area contributed by atoms with Crippen molar-refractivity contribution in [2.45, 2.75) is 0 Å². The van der Waals surface area contributed by atoms with Gasteiger partial charge in [0.25, 0.3) is 0 Å². The fourth-order valence-corrected chi connectivity index (χ4v) is 2.24. The summed E-state index contributed by atoms with van der Waals surface area (Å²) in [5.74, 6) is -0.794. The minimum absolute atomic E-state index is 0.184. The van der Waals surface area contributed by atoms with Crippen LogP contribution in [0.3, 0.4) is 0 Å². The molecule has 6 nitrogen and oxygen atoms in total.